The number of benzene rings is 1. The average Bonchev–Trinajstić information content (AvgIpc) is 3.31. The number of aliphatic hydroxyl groups excluding tert-OH is 1. The first-order chi connectivity index (χ1) is 14.8. The van der Waals surface area contributed by atoms with Gasteiger partial charge in [-0.3, -0.25) is 14.4 Å². The lowest BCUT2D eigenvalue weighted by molar-refractivity contribution is -0.147. The highest BCUT2D eigenvalue weighted by molar-refractivity contribution is 6.13. The fourth-order valence-corrected chi connectivity index (χ4v) is 4.66. The lowest BCUT2D eigenvalue weighted by Gasteiger charge is -2.43. The molecule has 0 aliphatic carbocycles. The quantitative estimate of drug-likeness (QED) is 0.702. The van der Waals surface area contributed by atoms with Crippen LogP contribution in [0.4, 0.5) is 0 Å². The summed E-state index contributed by atoms with van der Waals surface area (Å²) in [5.41, 5.74) is 1.97. The predicted molar refractivity (Wildman–Crippen MR) is 111 cm³/mol. The van der Waals surface area contributed by atoms with Gasteiger partial charge in [0.1, 0.15) is 11.6 Å². The summed E-state index contributed by atoms with van der Waals surface area (Å²) >= 11 is 0. The van der Waals surface area contributed by atoms with Gasteiger partial charge >= 0.3 is 0 Å². The van der Waals surface area contributed by atoms with E-state index in [9.17, 15) is 19.5 Å². The Kier molecular flexibility index (Phi) is 4.51. The molecule has 1 aromatic heterocycles. The van der Waals surface area contributed by atoms with Crippen molar-refractivity contribution in [3.63, 3.8) is 0 Å². The van der Waals surface area contributed by atoms with Crippen LogP contribution in [-0.4, -0.2) is 69.0 Å². The molecule has 9 nitrogen and oxygen atoms in total. The predicted octanol–water partition coefficient (Wildman–Crippen LogP) is 0.652. The Morgan fingerprint density at radius 2 is 2.06 bits per heavy atom. The minimum Gasteiger partial charge on any atom is -0.503 e. The fraction of sp³-hybridized carbons (Fsp3) is 0.409. The number of fused-ring (bicyclic) bond motifs is 3. The normalized spacial score (nSPS) is 25.8. The number of Topliss-reactive ketones (excluding diaryl/α,β-unsaturated/α-hetero) is 1. The Bertz CT molecular complexity index is 1140. The highest BCUT2D eigenvalue weighted by Gasteiger charge is 2.50. The molecule has 2 amide bonds. The van der Waals surface area contributed by atoms with Gasteiger partial charge in [-0.2, -0.15) is 0 Å². The van der Waals surface area contributed by atoms with E-state index in [1.807, 2.05) is 49.0 Å². The zero-order valence-electron chi connectivity index (χ0n) is 17.4. The van der Waals surface area contributed by atoms with E-state index in [0.717, 1.165) is 16.5 Å². The molecule has 2 saturated heterocycles. The number of nitrogens with zero attached hydrogens (tertiary/aromatic N) is 3. The molecule has 2 aromatic rings. The second-order valence-electron chi connectivity index (χ2n) is 8.41. The minimum absolute atomic E-state index is 0.0304. The molecule has 0 radical (unpaired) electrons. The number of aromatic nitrogens is 1. The molecule has 0 bridgehead atoms. The van der Waals surface area contributed by atoms with Crippen LogP contribution in [0.25, 0.3) is 10.9 Å². The zero-order chi connectivity index (χ0) is 21.9. The molecule has 3 aliphatic rings. The van der Waals surface area contributed by atoms with Gasteiger partial charge in [0.2, 0.25) is 11.7 Å². The van der Waals surface area contributed by atoms with Gasteiger partial charge in [0.25, 0.3) is 5.91 Å². The molecule has 31 heavy (non-hydrogen) atoms. The first-order valence-electron chi connectivity index (χ1n) is 10.3. The maximum Gasteiger partial charge on any atom is 0.276 e. The van der Waals surface area contributed by atoms with Gasteiger partial charge in [-0.15, -0.1) is 0 Å². The first kappa shape index (κ1) is 19.6. The molecule has 9 heteroatoms. The topological polar surface area (TPSA) is 104 Å². The number of piperazine rings is 1. The van der Waals surface area contributed by atoms with E-state index in [4.69, 9.17) is 4.74 Å². The second kappa shape index (κ2) is 7.12. The van der Waals surface area contributed by atoms with Crippen LogP contribution in [0.5, 0.6) is 0 Å². The molecule has 5 rings (SSSR count). The summed E-state index contributed by atoms with van der Waals surface area (Å²) in [6, 6.07) is 7.77. The van der Waals surface area contributed by atoms with Crippen molar-refractivity contribution >= 4 is 28.5 Å². The number of aryl methyl sites for hydroxylation is 1. The molecule has 0 saturated carbocycles. The van der Waals surface area contributed by atoms with Crippen LogP contribution in [0, 0.1) is 5.92 Å². The van der Waals surface area contributed by atoms with Crippen molar-refractivity contribution in [3.8, 4) is 0 Å². The SMILES string of the molecule is C[C@H]1CO[C@@H]2CN3CC(C(=O)NCc4ccc5c(ccn5C)c4)C(=O)C(O)=C3C(=O)N12. The van der Waals surface area contributed by atoms with Crippen LogP contribution in [-0.2, 0) is 32.7 Å². The summed E-state index contributed by atoms with van der Waals surface area (Å²) in [7, 11) is 1.97. The number of allylic oxidation sites excluding steroid dienone is 1. The fourth-order valence-electron chi connectivity index (χ4n) is 4.66. The number of nitrogens with one attached hydrogen (secondary N) is 1. The third-order valence-corrected chi connectivity index (χ3v) is 6.35. The zero-order valence-corrected chi connectivity index (χ0v) is 17.4. The number of hydrogen-bond acceptors (Lipinski definition) is 6. The third-order valence-electron chi connectivity index (χ3n) is 6.35. The number of carbonyl (C=O) groups is 3. The Balaban J connectivity index is 1.32. The molecular weight excluding hydrogens is 400 g/mol. The lowest BCUT2D eigenvalue weighted by Crippen LogP contribution is -2.59. The highest BCUT2D eigenvalue weighted by atomic mass is 16.5. The number of amides is 2. The van der Waals surface area contributed by atoms with Crippen molar-refractivity contribution in [2.75, 3.05) is 19.7 Å². The molecule has 1 unspecified atom stereocenters. The monoisotopic (exact) mass is 424 g/mol. The maximum atomic E-state index is 12.8. The van der Waals surface area contributed by atoms with Crippen LogP contribution in [0.1, 0.15) is 12.5 Å². The van der Waals surface area contributed by atoms with E-state index >= 15 is 0 Å². The van der Waals surface area contributed by atoms with Crippen LogP contribution < -0.4 is 5.32 Å². The molecule has 0 spiro atoms. The van der Waals surface area contributed by atoms with E-state index in [1.54, 1.807) is 9.80 Å². The molecule has 2 N–H and O–H groups in total. The summed E-state index contributed by atoms with van der Waals surface area (Å²) in [5, 5.41) is 14.4. The van der Waals surface area contributed by atoms with Gasteiger partial charge < -0.3 is 29.5 Å². The van der Waals surface area contributed by atoms with Crippen molar-refractivity contribution in [2.45, 2.75) is 25.7 Å². The van der Waals surface area contributed by atoms with Gasteiger partial charge in [0.15, 0.2) is 12.0 Å². The summed E-state index contributed by atoms with van der Waals surface area (Å²) in [6.07, 6.45) is 1.53. The second-order valence-corrected chi connectivity index (χ2v) is 8.41. The van der Waals surface area contributed by atoms with Gasteiger partial charge in [-0.25, -0.2) is 0 Å². The molecule has 1 aromatic carbocycles. The van der Waals surface area contributed by atoms with E-state index in [0.29, 0.717) is 13.2 Å². The summed E-state index contributed by atoms with van der Waals surface area (Å²) in [5.74, 6) is -3.34. The van der Waals surface area contributed by atoms with Gasteiger partial charge in [0.05, 0.1) is 19.2 Å². The lowest BCUT2D eigenvalue weighted by atomic mass is 9.93. The maximum absolute atomic E-state index is 12.8. The highest BCUT2D eigenvalue weighted by Crippen LogP contribution is 2.33. The van der Waals surface area contributed by atoms with Crippen LogP contribution in [0.3, 0.4) is 0 Å². The number of ether oxygens (including phenoxy) is 1. The molecular formula is C22H24N4O5. The van der Waals surface area contributed by atoms with Gasteiger partial charge in [-0.1, -0.05) is 6.07 Å². The minimum atomic E-state index is -1.08. The standard InChI is InChI=1S/C22H24N4O5/c1-12-11-31-17-10-25-9-15(19(27)20(28)18(25)22(30)26(12)17)21(29)23-8-13-3-4-16-14(7-13)5-6-24(16)2/h3-7,12,15,17,28H,8-11H2,1-2H3,(H,23,29)/t12-,15?,17+/m0/s1. The number of aliphatic hydroxyl groups is 1. The van der Waals surface area contributed by atoms with E-state index in [2.05, 4.69) is 5.32 Å². The first-order valence-corrected chi connectivity index (χ1v) is 10.3. The molecule has 2 fully saturated rings. The average molecular weight is 424 g/mol. The molecule has 4 heterocycles. The Hall–Kier alpha value is -3.33. The number of rotatable bonds is 3. The van der Waals surface area contributed by atoms with E-state index in [-0.39, 0.29) is 24.8 Å². The number of hydrogen-bond donors (Lipinski definition) is 2. The van der Waals surface area contributed by atoms with Crippen molar-refractivity contribution in [1.82, 2.24) is 19.7 Å². The molecule has 3 atom stereocenters. The van der Waals surface area contributed by atoms with Crippen molar-refractivity contribution in [1.29, 1.82) is 0 Å². The Morgan fingerprint density at radius 1 is 1.26 bits per heavy atom. The smallest absolute Gasteiger partial charge is 0.276 e. The van der Waals surface area contributed by atoms with Gasteiger partial charge in [-0.05, 0) is 36.1 Å². The summed E-state index contributed by atoms with van der Waals surface area (Å²) in [6.45, 7) is 2.88. The summed E-state index contributed by atoms with van der Waals surface area (Å²) in [4.78, 5) is 41.5. The Labute approximate surface area is 178 Å². The van der Waals surface area contributed by atoms with E-state index in [1.165, 1.54) is 0 Å². The summed E-state index contributed by atoms with van der Waals surface area (Å²) < 4.78 is 7.68. The third kappa shape index (κ3) is 3.07. The number of ketones is 1. The van der Waals surface area contributed by atoms with Crippen molar-refractivity contribution in [2.24, 2.45) is 13.0 Å². The van der Waals surface area contributed by atoms with Crippen LogP contribution in [0.2, 0.25) is 0 Å². The van der Waals surface area contributed by atoms with Gasteiger partial charge in [0, 0.05) is 31.9 Å². The largest absolute Gasteiger partial charge is 0.503 e. The molecule has 162 valence electrons. The molecule has 3 aliphatic heterocycles. The Morgan fingerprint density at radius 3 is 2.87 bits per heavy atom. The van der Waals surface area contributed by atoms with E-state index < -0.39 is 35.5 Å². The van der Waals surface area contributed by atoms with Crippen LogP contribution in [0.15, 0.2) is 41.9 Å². The number of carbonyl (C=O) groups excluding carboxylic acids is 3. The van der Waals surface area contributed by atoms with Crippen LogP contribution >= 0.6 is 0 Å². The van der Waals surface area contributed by atoms with Crippen molar-refractivity contribution < 1.29 is 24.2 Å². The van der Waals surface area contributed by atoms with Crippen molar-refractivity contribution in [3.05, 3.63) is 47.5 Å².